The zero-order valence-corrected chi connectivity index (χ0v) is 14.9. The van der Waals surface area contributed by atoms with Gasteiger partial charge in [-0.15, -0.1) is 0 Å². The van der Waals surface area contributed by atoms with Gasteiger partial charge in [0.15, 0.2) is 5.58 Å². The van der Waals surface area contributed by atoms with Gasteiger partial charge in [0.05, 0.1) is 11.7 Å². The van der Waals surface area contributed by atoms with Crippen LogP contribution in [-0.4, -0.2) is 20.8 Å². The summed E-state index contributed by atoms with van der Waals surface area (Å²) in [6.45, 7) is 0. The highest BCUT2D eigenvalue weighted by Gasteiger charge is 2.28. The lowest BCUT2D eigenvalue weighted by molar-refractivity contribution is 0.299. The Kier molecular flexibility index (Phi) is 3.95. The molecule has 2 aromatic heterocycles. The Morgan fingerprint density at radius 1 is 1.07 bits per heavy atom. The van der Waals surface area contributed by atoms with Crippen LogP contribution in [0.1, 0.15) is 56.2 Å². The number of aromatic nitrogens is 3. The van der Waals surface area contributed by atoms with E-state index in [2.05, 4.69) is 15.4 Å². The van der Waals surface area contributed by atoms with E-state index < -0.39 is 0 Å². The van der Waals surface area contributed by atoms with Crippen molar-refractivity contribution >= 4 is 17.1 Å². The van der Waals surface area contributed by atoms with Gasteiger partial charge in [-0.25, -0.2) is 9.07 Å². The molecule has 7 heteroatoms. The van der Waals surface area contributed by atoms with E-state index in [9.17, 15) is 9.18 Å². The number of nitrogens with zero attached hydrogens (tertiary/aromatic N) is 3. The first kappa shape index (κ1) is 16.5. The SMILES string of the molecule is O=c1ccc(C2CC2)nn1C1CCC(Nc2nc3cc(F)ccc3o2)CC1. The molecule has 0 aliphatic heterocycles. The van der Waals surface area contributed by atoms with Crippen molar-refractivity contribution in [3.05, 3.63) is 52.2 Å². The first-order valence-electron chi connectivity index (χ1n) is 9.58. The Morgan fingerprint density at radius 3 is 2.67 bits per heavy atom. The Hall–Kier alpha value is -2.70. The summed E-state index contributed by atoms with van der Waals surface area (Å²) in [5, 5.41) is 7.93. The number of hydrogen-bond acceptors (Lipinski definition) is 5. The van der Waals surface area contributed by atoms with Crippen LogP contribution >= 0.6 is 0 Å². The van der Waals surface area contributed by atoms with E-state index in [1.807, 2.05) is 6.07 Å². The minimum Gasteiger partial charge on any atom is -0.424 e. The van der Waals surface area contributed by atoms with Crippen molar-refractivity contribution in [2.45, 2.75) is 56.5 Å². The predicted octanol–water partition coefficient (Wildman–Crippen LogP) is 4.00. The average Bonchev–Trinajstić information content (AvgIpc) is 3.44. The molecule has 1 N–H and O–H groups in total. The fraction of sp³-hybridized carbons (Fsp3) is 0.450. The minimum atomic E-state index is -0.325. The molecule has 0 radical (unpaired) electrons. The Bertz CT molecular complexity index is 1030. The van der Waals surface area contributed by atoms with Gasteiger partial charge in [0.2, 0.25) is 0 Å². The van der Waals surface area contributed by atoms with E-state index in [0.717, 1.165) is 31.4 Å². The molecule has 5 rings (SSSR count). The van der Waals surface area contributed by atoms with Gasteiger partial charge in [0.1, 0.15) is 11.3 Å². The van der Waals surface area contributed by atoms with Crippen LogP contribution < -0.4 is 10.9 Å². The molecule has 3 aromatic rings. The molecule has 0 amide bonds. The summed E-state index contributed by atoms with van der Waals surface area (Å²) in [6, 6.07) is 8.64. The van der Waals surface area contributed by atoms with Crippen LogP contribution in [0.5, 0.6) is 0 Å². The topological polar surface area (TPSA) is 73.0 Å². The minimum absolute atomic E-state index is 0.0169. The molecule has 0 atom stereocenters. The van der Waals surface area contributed by atoms with Gasteiger partial charge < -0.3 is 9.73 Å². The van der Waals surface area contributed by atoms with Crippen LogP contribution in [0.4, 0.5) is 10.4 Å². The molecule has 0 bridgehead atoms. The summed E-state index contributed by atoms with van der Waals surface area (Å²) >= 11 is 0. The molecular formula is C20H21FN4O2. The lowest BCUT2D eigenvalue weighted by Crippen LogP contribution is -2.33. The van der Waals surface area contributed by atoms with E-state index in [4.69, 9.17) is 4.42 Å². The molecule has 0 unspecified atom stereocenters. The number of benzene rings is 1. The van der Waals surface area contributed by atoms with Crippen molar-refractivity contribution in [3.63, 3.8) is 0 Å². The van der Waals surface area contributed by atoms with Crippen LogP contribution in [0.2, 0.25) is 0 Å². The van der Waals surface area contributed by atoms with Gasteiger partial charge in [0.25, 0.3) is 11.6 Å². The lowest BCUT2D eigenvalue weighted by Gasteiger charge is -2.29. The normalized spacial score (nSPS) is 22.9. The van der Waals surface area contributed by atoms with Crippen LogP contribution in [-0.2, 0) is 0 Å². The zero-order chi connectivity index (χ0) is 18.4. The second-order valence-corrected chi connectivity index (χ2v) is 7.60. The maximum Gasteiger partial charge on any atom is 0.295 e. The highest BCUT2D eigenvalue weighted by atomic mass is 19.1. The highest BCUT2D eigenvalue weighted by molar-refractivity contribution is 5.74. The van der Waals surface area contributed by atoms with Crippen LogP contribution in [0.25, 0.3) is 11.1 Å². The number of rotatable bonds is 4. The number of nitrogens with one attached hydrogen (secondary N) is 1. The molecule has 2 fully saturated rings. The van der Waals surface area contributed by atoms with Crippen LogP contribution in [0.15, 0.2) is 39.5 Å². The summed E-state index contributed by atoms with van der Waals surface area (Å²) in [6.07, 6.45) is 5.92. The van der Waals surface area contributed by atoms with Gasteiger partial charge in [-0.1, -0.05) is 0 Å². The third kappa shape index (κ3) is 3.34. The third-order valence-corrected chi connectivity index (χ3v) is 5.56. The summed E-state index contributed by atoms with van der Waals surface area (Å²) < 4.78 is 20.6. The summed E-state index contributed by atoms with van der Waals surface area (Å²) in [5.74, 6) is 0.216. The van der Waals surface area contributed by atoms with E-state index in [0.29, 0.717) is 23.0 Å². The van der Waals surface area contributed by atoms with E-state index in [1.165, 1.54) is 25.0 Å². The van der Waals surface area contributed by atoms with Crippen LogP contribution in [0, 0.1) is 5.82 Å². The van der Waals surface area contributed by atoms with Crippen LogP contribution in [0.3, 0.4) is 0 Å². The average molecular weight is 368 g/mol. The van der Waals surface area contributed by atoms with Gasteiger partial charge in [0, 0.05) is 24.1 Å². The van der Waals surface area contributed by atoms with Gasteiger partial charge in [-0.2, -0.15) is 10.1 Å². The van der Waals surface area contributed by atoms with Crippen molar-refractivity contribution in [1.29, 1.82) is 0 Å². The first-order chi connectivity index (χ1) is 13.2. The van der Waals surface area contributed by atoms with Gasteiger partial charge in [-0.3, -0.25) is 4.79 Å². The Labute approximate surface area is 155 Å². The molecule has 2 heterocycles. The summed E-state index contributed by atoms with van der Waals surface area (Å²) in [4.78, 5) is 16.6. The fourth-order valence-corrected chi connectivity index (χ4v) is 3.90. The maximum atomic E-state index is 13.3. The second kappa shape index (κ2) is 6.48. The Balaban J connectivity index is 1.26. The van der Waals surface area contributed by atoms with Crippen molar-refractivity contribution in [2.24, 2.45) is 0 Å². The van der Waals surface area contributed by atoms with Crippen molar-refractivity contribution in [3.8, 4) is 0 Å². The molecule has 2 aliphatic rings. The Morgan fingerprint density at radius 2 is 1.89 bits per heavy atom. The van der Waals surface area contributed by atoms with Crippen molar-refractivity contribution < 1.29 is 8.81 Å². The van der Waals surface area contributed by atoms with Crippen molar-refractivity contribution in [2.75, 3.05) is 5.32 Å². The molecule has 0 saturated heterocycles. The van der Waals surface area contributed by atoms with Crippen molar-refractivity contribution in [1.82, 2.24) is 14.8 Å². The number of fused-ring (bicyclic) bond motifs is 1. The standard InChI is InChI=1S/C20H21FN4O2/c21-13-3-9-18-17(11-13)23-20(27-18)22-14-4-6-15(7-5-14)25-19(26)10-8-16(24-25)12-1-2-12/h3,8-12,14-15H,1-2,4-7H2,(H,22,23). The number of halogens is 1. The monoisotopic (exact) mass is 368 g/mol. The molecule has 27 heavy (non-hydrogen) atoms. The number of anilines is 1. The zero-order valence-electron chi connectivity index (χ0n) is 14.9. The second-order valence-electron chi connectivity index (χ2n) is 7.60. The molecular weight excluding hydrogens is 347 g/mol. The molecule has 1 aromatic carbocycles. The van der Waals surface area contributed by atoms with Gasteiger partial charge in [-0.05, 0) is 56.7 Å². The van der Waals surface area contributed by atoms with E-state index >= 15 is 0 Å². The molecule has 2 saturated carbocycles. The third-order valence-electron chi connectivity index (χ3n) is 5.56. The molecule has 140 valence electrons. The molecule has 0 spiro atoms. The largest absolute Gasteiger partial charge is 0.424 e. The highest BCUT2D eigenvalue weighted by Crippen LogP contribution is 2.39. The lowest BCUT2D eigenvalue weighted by atomic mass is 9.91. The van der Waals surface area contributed by atoms with Gasteiger partial charge >= 0.3 is 0 Å². The number of oxazole rings is 1. The number of hydrogen-bond donors (Lipinski definition) is 1. The summed E-state index contributed by atoms with van der Waals surface area (Å²) in [7, 11) is 0. The smallest absolute Gasteiger partial charge is 0.295 e. The fourth-order valence-electron chi connectivity index (χ4n) is 3.90. The quantitative estimate of drug-likeness (QED) is 0.754. The molecule has 2 aliphatic carbocycles. The summed E-state index contributed by atoms with van der Waals surface area (Å²) in [5.41, 5.74) is 2.12. The maximum absolute atomic E-state index is 13.3. The molecule has 6 nitrogen and oxygen atoms in total. The first-order valence-corrected chi connectivity index (χ1v) is 9.58. The van der Waals surface area contributed by atoms with E-state index in [-0.39, 0.29) is 23.5 Å². The predicted molar refractivity (Wildman–Crippen MR) is 99.4 cm³/mol. The van der Waals surface area contributed by atoms with E-state index in [1.54, 1.807) is 16.8 Å².